The van der Waals surface area contributed by atoms with E-state index in [0.717, 1.165) is 52.3 Å². The Bertz CT molecular complexity index is 937. The van der Waals surface area contributed by atoms with Crippen LogP contribution in [0.4, 0.5) is 0 Å². The third kappa shape index (κ3) is 3.57. The monoisotopic (exact) mass is 412 g/mol. The van der Waals surface area contributed by atoms with Crippen LogP contribution in [0, 0.1) is 23.2 Å². The Morgan fingerprint density at radius 2 is 1.79 bits per heavy atom. The maximum Gasteiger partial charge on any atom is 0.254 e. The summed E-state index contributed by atoms with van der Waals surface area (Å²) in [6, 6.07) is 7.16. The predicted octanol–water partition coefficient (Wildman–Crippen LogP) is 4.21. The molecule has 1 aromatic carbocycles. The van der Waals surface area contributed by atoms with Gasteiger partial charge in [-0.3, -0.25) is 4.79 Å². The lowest BCUT2D eigenvalue weighted by Gasteiger charge is -2.55. The minimum absolute atomic E-state index is 0.0990. The standard InChI is InChI=1S/C23H28N2O3S/c1-28-7-6-25-14-20(18-2-4-19(26)5-3-18)29-22(25)24-21(27)23-11-15-8-16(12-23)10-17(9-15)13-23/h2-5,14-17,26H,6-13H2,1H3/b24-22-. The maximum atomic E-state index is 13.4. The maximum absolute atomic E-state index is 13.4. The number of aromatic hydroxyl groups is 1. The second-order valence-corrected chi connectivity index (χ2v) is 10.2. The lowest BCUT2D eigenvalue weighted by Crippen LogP contribution is -2.49. The Morgan fingerprint density at radius 3 is 2.38 bits per heavy atom. The summed E-state index contributed by atoms with van der Waals surface area (Å²) >= 11 is 1.54. The summed E-state index contributed by atoms with van der Waals surface area (Å²) in [7, 11) is 1.69. The number of hydrogen-bond acceptors (Lipinski definition) is 4. The van der Waals surface area contributed by atoms with Gasteiger partial charge in [0.05, 0.1) is 16.9 Å². The van der Waals surface area contributed by atoms with Crippen molar-refractivity contribution in [1.82, 2.24) is 4.57 Å². The van der Waals surface area contributed by atoms with E-state index >= 15 is 0 Å². The Balaban J connectivity index is 1.49. The van der Waals surface area contributed by atoms with E-state index in [-0.39, 0.29) is 17.1 Å². The number of nitrogens with zero attached hydrogens (tertiary/aromatic N) is 2. The summed E-state index contributed by atoms with van der Waals surface area (Å²) in [5.41, 5.74) is 0.805. The summed E-state index contributed by atoms with van der Waals surface area (Å²) < 4.78 is 7.30. The first kappa shape index (κ1) is 19.1. The largest absolute Gasteiger partial charge is 0.508 e. The quantitative estimate of drug-likeness (QED) is 0.800. The van der Waals surface area contributed by atoms with Crippen molar-refractivity contribution in [3.8, 4) is 16.2 Å². The molecule has 29 heavy (non-hydrogen) atoms. The van der Waals surface area contributed by atoms with Crippen molar-refractivity contribution < 1.29 is 14.6 Å². The van der Waals surface area contributed by atoms with Crippen LogP contribution >= 0.6 is 11.3 Å². The van der Waals surface area contributed by atoms with Crippen LogP contribution in [0.3, 0.4) is 0 Å². The number of phenolic OH excluding ortho intramolecular Hbond substituents is 1. The van der Waals surface area contributed by atoms with Crippen molar-refractivity contribution in [3.05, 3.63) is 35.3 Å². The number of aromatic nitrogens is 1. The van der Waals surface area contributed by atoms with Crippen molar-refractivity contribution in [1.29, 1.82) is 0 Å². The van der Waals surface area contributed by atoms with Crippen LogP contribution in [0.1, 0.15) is 38.5 Å². The highest BCUT2D eigenvalue weighted by Gasteiger charge is 2.54. The molecule has 4 saturated carbocycles. The molecule has 0 atom stereocenters. The van der Waals surface area contributed by atoms with Gasteiger partial charge in [-0.1, -0.05) is 11.3 Å². The van der Waals surface area contributed by atoms with Gasteiger partial charge in [-0.2, -0.15) is 4.99 Å². The van der Waals surface area contributed by atoms with Crippen molar-refractivity contribution in [3.63, 3.8) is 0 Å². The lowest BCUT2D eigenvalue weighted by molar-refractivity contribution is -0.142. The fraction of sp³-hybridized carbons (Fsp3) is 0.565. The molecule has 4 aliphatic rings. The number of ether oxygens (including phenoxy) is 1. The van der Waals surface area contributed by atoms with Crippen LogP contribution in [0.25, 0.3) is 10.4 Å². The molecular formula is C23H28N2O3S. The highest BCUT2D eigenvalue weighted by molar-refractivity contribution is 7.12. The lowest BCUT2D eigenvalue weighted by atomic mass is 9.49. The number of carbonyl (C=O) groups is 1. The Kier molecular flexibility index (Phi) is 4.87. The minimum Gasteiger partial charge on any atom is -0.508 e. The molecule has 6 heteroatoms. The summed E-state index contributed by atoms with van der Waals surface area (Å²) in [5.74, 6) is 2.55. The third-order valence-corrected chi connectivity index (χ3v) is 8.17. The Labute approximate surface area is 175 Å². The molecule has 154 valence electrons. The van der Waals surface area contributed by atoms with E-state index in [9.17, 15) is 9.90 Å². The highest BCUT2D eigenvalue weighted by atomic mass is 32.1. The van der Waals surface area contributed by atoms with Gasteiger partial charge in [0, 0.05) is 19.9 Å². The molecule has 1 heterocycles. The normalized spacial score (nSPS) is 30.8. The van der Waals surface area contributed by atoms with Gasteiger partial charge in [0.1, 0.15) is 5.75 Å². The summed E-state index contributed by atoms with van der Waals surface area (Å²) in [6.07, 6.45) is 9.13. The van der Waals surface area contributed by atoms with Gasteiger partial charge in [0.2, 0.25) is 0 Å². The zero-order chi connectivity index (χ0) is 20.0. The van der Waals surface area contributed by atoms with Crippen molar-refractivity contribution in [2.24, 2.45) is 28.2 Å². The highest BCUT2D eigenvalue weighted by Crippen LogP contribution is 2.60. The van der Waals surface area contributed by atoms with Gasteiger partial charge in [0.25, 0.3) is 5.91 Å². The summed E-state index contributed by atoms with van der Waals surface area (Å²) in [6.45, 7) is 1.24. The molecule has 1 N–H and O–H groups in total. The number of rotatable bonds is 5. The number of thiazole rings is 1. The van der Waals surface area contributed by atoms with E-state index in [1.165, 1.54) is 30.6 Å². The van der Waals surface area contributed by atoms with Crippen LogP contribution in [0.15, 0.2) is 35.5 Å². The number of phenols is 1. The molecule has 0 saturated heterocycles. The predicted molar refractivity (Wildman–Crippen MR) is 112 cm³/mol. The van der Waals surface area contributed by atoms with Gasteiger partial charge in [-0.15, -0.1) is 0 Å². The Morgan fingerprint density at radius 1 is 1.17 bits per heavy atom. The van der Waals surface area contributed by atoms with Crippen molar-refractivity contribution in [2.45, 2.75) is 45.1 Å². The Hall–Kier alpha value is -1.92. The molecule has 1 amide bonds. The van der Waals surface area contributed by atoms with Crippen molar-refractivity contribution >= 4 is 17.2 Å². The zero-order valence-electron chi connectivity index (χ0n) is 16.8. The first-order valence-electron chi connectivity index (χ1n) is 10.6. The smallest absolute Gasteiger partial charge is 0.254 e. The third-order valence-electron chi connectivity index (χ3n) is 7.10. The molecule has 0 aliphatic heterocycles. The number of carbonyl (C=O) groups excluding carboxylic acids is 1. The van der Waals surface area contributed by atoms with Crippen molar-refractivity contribution in [2.75, 3.05) is 13.7 Å². The molecular weight excluding hydrogens is 384 g/mol. The van der Waals surface area contributed by atoms with E-state index in [1.54, 1.807) is 19.2 Å². The van der Waals surface area contributed by atoms with E-state index in [2.05, 4.69) is 0 Å². The number of hydrogen-bond donors (Lipinski definition) is 1. The van der Waals surface area contributed by atoms with Gasteiger partial charge >= 0.3 is 0 Å². The molecule has 1 aromatic heterocycles. The molecule has 4 aliphatic carbocycles. The van der Waals surface area contributed by atoms with Crippen LogP contribution < -0.4 is 4.80 Å². The number of methoxy groups -OCH3 is 1. The van der Waals surface area contributed by atoms with Crippen LogP contribution in [-0.4, -0.2) is 29.3 Å². The molecule has 0 radical (unpaired) electrons. The molecule has 4 bridgehead atoms. The first-order valence-corrected chi connectivity index (χ1v) is 11.4. The van der Waals surface area contributed by atoms with Gasteiger partial charge < -0.3 is 14.4 Å². The number of amides is 1. The molecule has 0 unspecified atom stereocenters. The molecule has 6 rings (SSSR count). The second kappa shape index (κ2) is 7.40. The average Bonchev–Trinajstić information content (AvgIpc) is 3.08. The molecule has 0 spiro atoms. The van der Waals surface area contributed by atoms with Crippen LogP contribution in [0.5, 0.6) is 5.75 Å². The van der Waals surface area contributed by atoms with Crippen LogP contribution in [-0.2, 0) is 16.1 Å². The van der Waals surface area contributed by atoms with Gasteiger partial charge in [-0.25, -0.2) is 0 Å². The van der Waals surface area contributed by atoms with E-state index in [0.29, 0.717) is 13.2 Å². The van der Waals surface area contributed by atoms with E-state index in [4.69, 9.17) is 9.73 Å². The molecule has 2 aromatic rings. The minimum atomic E-state index is -0.212. The zero-order valence-corrected chi connectivity index (χ0v) is 17.7. The van der Waals surface area contributed by atoms with E-state index in [1.807, 2.05) is 22.9 Å². The molecule has 4 fully saturated rings. The fourth-order valence-electron chi connectivity index (χ4n) is 6.15. The van der Waals surface area contributed by atoms with Gasteiger partial charge in [-0.05, 0) is 86.1 Å². The SMILES string of the molecule is COCCn1cc(-c2ccc(O)cc2)s/c1=N\C(=O)C12CC3CC(CC(C3)C1)C2. The molecule has 5 nitrogen and oxygen atoms in total. The van der Waals surface area contributed by atoms with Crippen LogP contribution in [0.2, 0.25) is 0 Å². The summed E-state index contributed by atoms with van der Waals surface area (Å²) in [5, 5.41) is 9.57. The summed E-state index contributed by atoms with van der Waals surface area (Å²) in [4.78, 5) is 19.9. The fourth-order valence-corrected chi connectivity index (χ4v) is 7.17. The average molecular weight is 413 g/mol. The topological polar surface area (TPSA) is 63.8 Å². The number of benzene rings is 1. The van der Waals surface area contributed by atoms with E-state index < -0.39 is 0 Å². The van der Waals surface area contributed by atoms with Gasteiger partial charge in [0.15, 0.2) is 4.80 Å². The first-order chi connectivity index (χ1) is 14.0. The second-order valence-electron chi connectivity index (χ2n) is 9.23.